The van der Waals surface area contributed by atoms with Gasteiger partial charge < -0.3 is 10.1 Å². The molecule has 3 atom stereocenters. The minimum atomic E-state index is 0.243. The van der Waals surface area contributed by atoms with Gasteiger partial charge in [0.05, 0.1) is 12.6 Å². The summed E-state index contributed by atoms with van der Waals surface area (Å²) >= 11 is 6.51. The van der Waals surface area contributed by atoms with Crippen LogP contribution in [0, 0.1) is 5.92 Å². The van der Waals surface area contributed by atoms with Gasteiger partial charge in [-0.3, -0.25) is 0 Å². The Labute approximate surface area is 167 Å². The van der Waals surface area contributed by atoms with Gasteiger partial charge in [-0.25, -0.2) is 0 Å². The minimum absolute atomic E-state index is 0.243. The second-order valence-electron chi connectivity index (χ2n) is 7.66. The van der Waals surface area contributed by atoms with Gasteiger partial charge in [0, 0.05) is 16.6 Å². The summed E-state index contributed by atoms with van der Waals surface area (Å²) < 4.78 is 6.02. The minimum Gasteiger partial charge on any atom is -0.494 e. The lowest BCUT2D eigenvalue weighted by atomic mass is 9.77. The number of unbranched alkanes of at least 4 members (excludes halogenated alkanes) is 3. The van der Waals surface area contributed by atoms with E-state index >= 15 is 0 Å². The van der Waals surface area contributed by atoms with E-state index in [4.69, 9.17) is 16.3 Å². The van der Waals surface area contributed by atoms with E-state index in [1.165, 1.54) is 36.1 Å². The van der Waals surface area contributed by atoms with Gasteiger partial charge in [-0.1, -0.05) is 68.1 Å². The van der Waals surface area contributed by atoms with Crippen molar-refractivity contribution in [2.75, 3.05) is 11.9 Å². The fraction of sp³-hybridized carbons (Fsp3) is 0.417. The monoisotopic (exact) mass is 381 g/mol. The molecule has 1 aliphatic heterocycles. The van der Waals surface area contributed by atoms with Crippen LogP contribution in [-0.4, -0.2) is 6.61 Å². The van der Waals surface area contributed by atoms with E-state index in [0.29, 0.717) is 11.8 Å². The highest BCUT2D eigenvalue weighted by molar-refractivity contribution is 6.31. The molecule has 0 aromatic heterocycles. The van der Waals surface area contributed by atoms with Gasteiger partial charge in [0.25, 0.3) is 0 Å². The fourth-order valence-electron chi connectivity index (χ4n) is 4.42. The number of allylic oxidation sites excluding steroid dienone is 2. The summed E-state index contributed by atoms with van der Waals surface area (Å²) in [5.41, 5.74) is 3.74. The number of benzene rings is 2. The Morgan fingerprint density at radius 3 is 2.81 bits per heavy atom. The summed E-state index contributed by atoms with van der Waals surface area (Å²) in [6.07, 6.45) is 10.7. The standard InChI is InChI=1S/C24H28ClNO/c1-2-3-4-7-15-27-17-13-14-23-21(16-17)18-10-8-11-19(18)24(26-23)20-9-5-6-12-22(20)25/h5-6,8-10,12-14,16,18-19,24,26H,2-4,7,11,15H2,1H3. The number of hydrogen-bond acceptors (Lipinski definition) is 2. The summed E-state index contributed by atoms with van der Waals surface area (Å²) in [6.45, 7) is 3.04. The summed E-state index contributed by atoms with van der Waals surface area (Å²) in [7, 11) is 0. The Hall–Kier alpha value is -1.93. The average molecular weight is 382 g/mol. The third kappa shape index (κ3) is 3.87. The van der Waals surface area contributed by atoms with Gasteiger partial charge in [0.2, 0.25) is 0 Å². The Morgan fingerprint density at radius 1 is 1.07 bits per heavy atom. The molecule has 2 aromatic rings. The molecular formula is C24H28ClNO. The molecule has 4 rings (SSSR count). The molecule has 27 heavy (non-hydrogen) atoms. The van der Waals surface area contributed by atoms with Crippen LogP contribution in [0.15, 0.2) is 54.6 Å². The molecule has 0 amide bonds. The van der Waals surface area contributed by atoms with Crippen molar-refractivity contribution in [2.45, 2.75) is 51.0 Å². The maximum absolute atomic E-state index is 6.51. The first kappa shape index (κ1) is 18.4. The molecule has 0 bridgehead atoms. The smallest absolute Gasteiger partial charge is 0.119 e. The highest BCUT2D eigenvalue weighted by Gasteiger charge is 2.38. The van der Waals surface area contributed by atoms with Crippen LogP contribution in [0.4, 0.5) is 5.69 Å². The number of anilines is 1. The van der Waals surface area contributed by atoms with E-state index in [1.54, 1.807) is 0 Å². The molecule has 1 aliphatic carbocycles. The van der Waals surface area contributed by atoms with Gasteiger partial charge in [0.15, 0.2) is 0 Å². The summed E-state index contributed by atoms with van der Waals surface area (Å²) in [5, 5.41) is 4.60. The van der Waals surface area contributed by atoms with Crippen molar-refractivity contribution in [1.29, 1.82) is 0 Å². The molecule has 2 nitrogen and oxygen atoms in total. The van der Waals surface area contributed by atoms with Gasteiger partial charge in [-0.05, 0) is 54.2 Å². The summed E-state index contributed by atoms with van der Waals surface area (Å²) in [6, 6.07) is 14.9. The van der Waals surface area contributed by atoms with E-state index < -0.39 is 0 Å². The van der Waals surface area contributed by atoms with Crippen molar-refractivity contribution in [2.24, 2.45) is 5.92 Å². The van der Waals surface area contributed by atoms with Crippen molar-refractivity contribution in [3.8, 4) is 5.75 Å². The van der Waals surface area contributed by atoms with Crippen molar-refractivity contribution < 1.29 is 4.74 Å². The van der Waals surface area contributed by atoms with E-state index in [2.05, 4.69) is 54.7 Å². The Bertz CT molecular complexity index is 816. The normalized spacial score (nSPS) is 22.8. The molecule has 0 saturated carbocycles. The van der Waals surface area contributed by atoms with E-state index in [-0.39, 0.29) is 6.04 Å². The highest BCUT2D eigenvalue weighted by atomic mass is 35.5. The number of ether oxygens (including phenoxy) is 1. The van der Waals surface area contributed by atoms with Crippen molar-refractivity contribution in [3.63, 3.8) is 0 Å². The second-order valence-corrected chi connectivity index (χ2v) is 8.06. The molecular weight excluding hydrogens is 354 g/mol. The predicted octanol–water partition coefficient (Wildman–Crippen LogP) is 7.13. The van der Waals surface area contributed by atoms with Crippen molar-refractivity contribution in [1.82, 2.24) is 0 Å². The average Bonchev–Trinajstić information content (AvgIpc) is 3.18. The Kier molecular flexibility index (Phi) is 5.73. The first-order chi connectivity index (χ1) is 13.3. The zero-order valence-corrected chi connectivity index (χ0v) is 16.7. The van der Waals surface area contributed by atoms with Crippen LogP contribution in [-0.2, 0) is 0 Å². The largest absolute Gasteiger partial charge is 0.494 e. The second kappa shape index (κ2) is 8.39. The van der Waals surface area contributed by atoms with Gasteiger partial charge >= 0.3 is 0 Å². The third-order valence-corrected chi connectivity index (χ3v) is 6.19. The third-order valence-electron chi connectivity index (χ3n) is 5.84. The Balaban J connectivity index is 1.54. The first-order valence-corrected chi connectivity index (χ1v) is 10.6. The molecule has 2 aromatic carbocycles. The summed E-state index contributed by atoms with van der Waals surface area (Å²) in [4.78, 5) is 0. The molecule has 0 saturated heterocycles. The fourth-order valence-corrected chi connectivity index (χ4v) is 4.67. The number of rotatable bonds is 7. The lowest BCUT2D eigenvalue weighted by Crippen LogP contribution is -2.29. The maximum Gasteiger partial charge on any atom is 0.119 e. The zero-order chi connectivity index (χ0) is 18.6. The van der Waals surface area contributed by atoms with Crippen LogP contribution in [0.25, 0.3) is 0 Å². The molecule has 0 radical (unpaired) electrons. The summed E-state index contributed by atoms with van der Waals surface area (Å²) in [5.74, 6) is 1.91. The molecule has 3 heteroatoms. The SMILES string of the molecule is CCCCCCOc1ccc2c(c1)C1C=CCC1C(c1ccccc1Cl)N2. The van der Waals surface area contributed by atoms with Crippen LogP contribution in [0.2, 0.25) is 5.02 Å². The topological polar surface area (TPSA) is 21.3 Å². The zero-order valence-electron chi connectivity index (χ0n) is 16.0. The molecule has 2 aliphatic rings. The molecule has 0 fully saturated rings. The van der Waals surface area contributed by atoms with Crippen molar-refractivity contribution in [3.05, 3.63) is 70.8 Å². The highest BCUT2D eigenvalue weighted by Crippen LogP contribution is 2.51. The lowest BCUT2D eigenvalue weighted by Gasteiger charge is -2.38. The van der Waals surface area contributed by atoms with Crippen LogP contribution >= 0.6 is 11.6 Å². The predicted molar refractivity (Wildman–Crippen MR) is 114 cm³/mol. The molecule has 1 N–H and O–H groups in total. The van der Waals surface area contributed by atoms with Crippen LogP contribution < -0.4 is 10.1 Å². The number of hydrogen-bond donors (Lipinski definition) is 1. The molecule has 1 heterocycles. The van der Waals surface area contributed by atoms with Gasteiger partial charge in [0.1, 0.15) is 5.75 Å². The van der Waals surface area contributed by atoms with Crippen LogP contribution in [0.3, 0.4) is 0 Å². The van der Waals surface area contributed by atoms with E-state index in [1.807, 2.05) is 12.1 Å². The van der Waals surface area contributed by atoms with Gasteiger partial charge in [-0.2, -0.15) is 0 Å². The maximum atomic E-state index is 6.51. The van der Waals surface area contributed by atoms with Gasteiger partial charge in [-0.15, -0.1) is 0 Å². The van der Waals surface area contributed by atoms with E-state index in [0.717, 1.165) is 30.2 Å². The molecule has 142 valence electrons. The lowest BCUT2D eigenvalue weighted by molar-refractivity contribution is 0.304. The molecule has 3 unspecified atom stereocenters. The van der Waals surface area contributed by atoms with Crippen molar-refractivity contribution >= 4 is 17.3 Å². The molecule has 0 spiro atoms. The van der Waals surface area contributed by atoms with Crippen LogP contribution in [0.5, 0.6) is 5.75 Å². The number of halogens is 1. The quantitative estimate of drug-likeness (QED) is 0.407. The Morgan fingerprint density at radius 2 is 1.96 bits per heavy atom. The first-order valence-electron chi connectivity index (χ1n) is 10.2. The van der Waals surface area contributed by atoms with Crippen LogP contribution in [0.1, 0.15) is 62.1 Å². The number of fused-ring (bicyclic) bond motifs is 3. The van der Waals surface area contributed by atoms with E-state index in [9.17, 15) is 0 Å². The number of nitrogens with one attached hydrogen (secondary N) is 1.